The van der Waals surface area contributed by atoms with Crippen LogP contribution in [0.4, 0.5) is 0 Å². The quantitative estimate of drug-likeness (QED) is 0.671. The average molecular weight is 267 g/mol. The number of carboxylic acid groups (broad SMARTS) is 2. The molecule has 0 saturated heterocycles. The number of hydroxylamine groups is 1. The standard InChI is InChI=1S/C13H17NO5/c15-11(16)10-9(5-7-1-2-7)19-14-13(10,12(17)18)6-8-3-4-8/h7-8,14H,1-6H2,(H,15,16)(H,17,18). The van der Waals surface area contributed by atoms with Crippen LogP contribution in [0, 0.1) is 11.8 Å². The van der Waals surface area contributed by atoms with Crippen LogP contribution in [-0.2, 0) is 14.4 Å². The zero-order valence-corrected chi connectivity index (χ0v) is 10.5. The van der Waals surface area contributed by atoms with E-state index in [-0.39, 0.29) is 17.9 Å². The van der Waals surface area contributed by atoms with Crippen molar-refractivity contribution in [2.45, 2.75) is 44.1 Å². The molecule has 6 nitrogen and oxygen atoms in total. The largest absolute Gasteiger partial charge is 0.480 e. The molecule has 0 spiro atoms. The molecular formula is C13H17NO5. The number of hydrogen-bond acceptors (Lipinski definition) is 4. The minimum atomic E-state index is -1.57. The van der Waals surface area contributed by atoms with E-state index in [0.717, 1.165) is 25.7 Å². The zero-order chi connectivity index (χ0) is 13.6. The molecule has 3 N–H and O–H groups in total. The lowest BCUT2D eigenvalue weighted by Gasteiger charge is -2.23. The van der Waals surface area contributed by atoms with Gasteiger partial charge in [0.25, 0.3) is 0 Å². The molecule has 6 heteroatoms. The Morgan fingerprint density at radius 1 is 1.21 bits per heavy atom. The van der Waals surface area contributed by atoms with E-state index < -0.39 is 17.5 Å². The molecule has 19 heavy (non-hydrogen) atoms. The Morgan fingerprint density at radius 3 is 2.32 bits per heavy atom. The summed E-state index contributed by atoms with van der Waals surface area (Å²) in [7, 11) is 0. The highest BCUT2D eigenvalue weighted by atomic mass is 16.7. The van der Waals surface area contributed by atoms with Crippen molar-refractivity contribution < 1.29 is 24.6 Å². The summed E-state index contributed by atoms with van der Waals surface area (Å²) in [5.74, 6) is -1.33. The Bertz CT molecular complexity index is 464. The van der Waals surface area contributed by atoms with Crippen LogP contribution in [0.1, 0.15) is 38.5 Å². The first-order chi connectivity index (χ1) is 9.03. The number of aliphatic carboxylic acids is 2. The van der Waals surface area contributed by atoms with Gasteiger partial charge >= 0.3 is 11.9 Å². The van der Waals surface area contributed by atoms with Crippen molar-refractivity contribution in [1.29, 1.82) is 0 Å². The summed E-state index contributed by atoms with van der Waals surface area (Å²) in [6, 6.07) is 0. The molecule has 0 aromatic heterocycles. The van der Waals surface area contributed by atoms with E-state index in [9.17, 15) is 19.8 Å². The van der Waals surface area contributed by atoms with Crippen LogP contribution < -0.4 is 5.48 Å². The summed E-state index contributed by atoms with van der Waals surface area (Å²) in [6.45, 7) is 0. The lowest BCUT2D eigenvalue weighted by atomic mass is 9.84. The van der Waals surface area contributed by atoms with Crippen LogP contribution >= 0.6 is 0 Å². The third-order valence-electron chi connectivity index (χ3n) is 4.10. The van der Waals surface area contributed by atoms with E-state index in [1.807, 2.05) is 0 Å². The highest BCUT2D eigenvalue weighted by molar-refractivity contribution is 6.00. The van der Waals surface area contributed by atoms with Crippen molar-refractivity contribution in [3.05, 3.63) is 11.3 Å². The number of carboxylic acids is 2. The maximum atomic E-state index is 11.6. The molecule has 1 unspecified atom stereocenters. The number of carbonyl (C=O) groups is 2. The molecule has 0 aromatic rings. The smallest absolute Gasteiger partial charge is 0.337 e. The van der Waals surface area contributed by atoms with Gasteiger partial charge in [0.1, 0.15) is 11.3 Å². The van der Waals surface area contributed by atoms with Crippen LogP contribution in [0.15, 0.2) is 11.3 Å². The fraction of sp³-hybridized carbons (Fsp3) is 0.692. The maximum Gasteiger partial charge on any atom is 0.337 e. The first-order valence-electron chi connectivity index (χ1n) is 6.67. The van der Waals surface area contributed by atoms with Gasteiger partial charge in [-0.3, -0.25) is 0 Å². The normalized spacial score (nSPS) is 30.3. The Kier molecular flexibility index (Phi) is 2.78. The van der Waals surface area contributed by atoms with Gasteiger partial charge in [-0.25, -0.2) is 9.59 Å². The van der Waals surface area contributed by atoms with Gasteiger partial charge in [-0.15, -0.1) is 5.48 Å². The topological polar surface area (TPSA) is 95.9 Å². The molecule has 2 saturated carbocycles. The minimum absolute atomic E-state index is 0.0983. The highest BCUT2D eigenvalue weighted by Gasteiger charge is 2.55. The molecule has 0 radical (unpaired) electrons. The SMILES string of the molecule is O=C(O)C1=C(CC2CC2)ONC1(CC1CC1)C(=O)O. The average Bonchev–Trinajstić information content (AvgIpc) is 3.20. The van der Waals surface area contributed by atoms with Gasteiger partial charge in [0.2, 0.25) is 0 Å². The van der Waals surface area contributed by atoms with Crippen LogP contribution in [-0.4, -0.2) is 27.7 Å². The van der Waals surface area contributed by atoms with Crippen LogP contribution in [0.2, 0.25) is 0 Å². The third kappa shape index (κ3) is 2.20. The second-order valence-corrected chi connectivity index (χ2v) is 5.81. The van der Waals surface area contributed by atoms with Crippen LogP contribution in [0.3, 0.4) is 0 Å². The summed E-state index contributed by atoms with van der Waals surface area (Å²) in [5, 5.41) is 18.9. The van der Waals surface area contributed by atoms with Gasteiger partial charge in [-0.2, -0.15) is 0 Å². The summed E-state index contributed by atoms with van der Waals surface area (Å²) >= 11 is 0. The van der Waals surface area contributed by atoms with Crippen molar-refractivity contribution in [2.75, 3.05) is 0 Å². The van der Waals surface area contributed by atoms with E-state index in [1.165, 1.54) is 0 Å². The lowest BCUT2D eigenvalue weighted by molar-refractivity contribution is -0.149. The molecule has 0 bridgehead atoms. The molecule has 3 aliphatic rings. The molecule has 2 fully saturated rings. The predicted octanol–water partition coefficient (Wildman–Crippen LogP) is 1.28. The van der Waals surface area contributed by atoms with E-state index in [2.05, 4.69) is 5.48 Å². The zero-order valence-electron chi connectivity index (χ0n) is 10.5. The minimum Gasteiger partial charge on any atom is -0.480 e. The van der Waals surface area contributed by atoms with E-state index >= 15 is 0 Å². The second-order valence-electron chi connectivity index (χ2n) is 5.81. The maximum absolute atomic E-state index is 11.6. The summed E-state index contributed by atoms with van der Waals surface area (Å²) in [5.41, 5.74) is 0.831. The molecule has 0 aromatic carbocycles. The van der Waals surface area contributed by atoms with Crippen molar-refractivity contribution in [3.8, 4) is 0 Å². The first kappa shape index (κ1) is 12.5. The molecule has 1 aliphatic heterocycles. The highest BCUT2D eigenvalue weighted by Crippen LogP contribution is 2.45. The summed E-state index contributed by atoms with van der Waals surface area (Å²) in [6.07, 6.45) is 4.85. The Morgan fingerprint density at radius 2 is 1.84 bits per heavy atom. The molecule has 3 rings (SSSR count). The second kappa shape index (κ2) is 4.23. The van der Waals surface area contributed by atoms with Crippen molar-refractivity contribution in [3.63, 3.8) is 0 Å². The third-order valence-corrected chi connectivity index (χ3v) is 4.10. The van der Waals surface area contributed by atoms with Gasteiger partial charge in [0, 0.05) is 6.42 Å². The van der Waals surface area contributed by atoms with Gasteiger partial charge in [0.05, 0.1) is 0 Å². The van der Waals surface area contributed by atoms with E-state index in [1.54, 1.807) is 0 Å². The fourth-order valence-electron chi connectivity index (χ4n) is 2.66. The Balaban J connectivity index is 1.94. The van der Waals surface area contributed by atoms with E-state index in [0.29, 0.717) is 18.1 Å². The lowest BCUT2D eigenvalue weighted by Crippen LogP contribution is -2.51. The Labute approximate surface area is 110 Å². The number of rotatable bonds is 6. The van der Waals surface area contributed by atoms with Gasteiger partial charge < -0.3 is 15.1 Å². The predicted molar refractivity (Wildman–Crippen MR) is 63.9 cm³/mol. The Hall–Kier alpha value is -1.56. The first-order valence-corrected chi connectivity index (χ1v) is 6.67. The summed E-state index contributed by atoms with van der Waals surface area (Å²) < 4.78 is 0. The van der Waals surface area contributed by atoms with Gasteiger partial charge in [-0.1, -0.05) is 12.8 Å². The van der Waals surface area contributed by atoms with Crippen LogP contribution in [0.25, 0.3) is 0 Å². The molecular weight excluding hydrogens is 250 g/mol. The van der Waals surface area contributed by atoms with Crippen molar-refractivity contribution in [1.82, 2.24) is 5.48 Å². The van der Waals surface area contributed by atoms with Gasteiger partial charge in [-0.05, 0) is 31.1 Å². The van der Waals surface area contributed by atoms with Crippen molar-refractivity contribution >= 4 is 11.9 Å². The molecule has 1 heterocycles. The number of nitrogens with one attached hydrogen (secondary N) is 1. The molecule has 104 valence electrons. The van der Waals surface area contributed by atoms with Gasteiger partial charge in [0.15, 0.2) is 5.54 Å². The van der Waals surface area contributed by atoms with Crippen molar-refractivity contribution in [2.24, 2.45) is 11.8 Å². The number of allylic oxidation sites excluding steroid dienone is 1. The van der Waals surface area contributed by atoms with E-state index in [4.69, 9.17) is 4.84 Å². The molecule has 1 atom stereocenters. The van der Waals surface area contributed by atoms with Crippen LogP contribution in [0.5, 0.6) is 0 Å². The number of hydrogen-bond donors (Lipinski definition) is 3. The summed E-state index contributed by atoms with van der Waals surface area (Å²) in [4.78, 5) is 28.4. The monoisotopic (exact) mass is 267 g/mol. The molecule has 2 aliphatic carbocycles. The molecule has 0 amide bonds. The fourth-order valence-corrected chi connectivity index (χ4v) is 2.66.